The highest BCUT2D eigenvalue weighted by molar-refractivity contribution is 5.47. The Balaban J connectivity index is 2.51. The second-order valence-corrected chi connectivity index (χ2v) is 3.22. The summed E-state index contributed by atoms with van der Waals surface area (Å²) in [5.74, 6) is 0. The maximum Gasteiger partial charge on any atom is 0.104 e. The van der Waals surface area contributed by atoms with Crippen molar-refractivity contribution in [2.24, 2.45) is 0 Å². The van der Waals surface area contributed by atoms with E-state index in [-0.39, 0.29) is 0 Å². The number of para-hydroxylation sites is 1. The number of nitrogen functional groups attached to an aromatic ring is 1. The van der Waals surface area contributed by atoms with E-state index in [1.54, 1.807) is 6.07 Å². The summed E-state index contributed by atoms with van der Waals surface area (Å²) >= 11 is 0. The molecule has 0 spiro atoms. The van der Waals surface area contributed by atoms with E-state index in [4.69, 9.17) is 10.5 Å². The van der Waals surface area contributed by atoms with Crippen LogP contribution in [-0.2, 0) is 4.74 Å². The smallest absolute Gasteiger partial charge is 0.104 e. The number of ether oxygens (including phenoxy) is 1. The van der Waals surface area contributed by atoms with Crippen molar-refractivity contribution in [1.29, 1.82) is 0 Å². The summed E-state index contributed by atoms with van der Waals surface area (Å²) in [4.78, 5) is 0. The van der Waals surface area contributed by atoms with Gasteiger partial charge >= 0.3 is 0 Å². The first-order chi connectivity index (χ1) is 6.75. The Kier molecular flexibility index (Phi) is 4.43. The summed E-state index contributed by atoms with van der Waals surface area (Å²) in [6.07, 6.45) is 0.333. The highest BCUT2D eigenvalue weighted by Crippen LogP contribution is 2.19. The normalized spacial score (nSPS) is 12.7. The van der Waals surface area contributed by atoms with Crippen LogP contribution in [0.3, 0.4) is 0 Å². The molecular formula is C11H17NO2. The van der Waals surface area contributed by atoms with Gasteiger partial charge in [-0.3, -0.25) is 0 Å². The fraction of sp³-hybridized carbons (Fsp3) is 0.455. The van der Waals surface area contributed by atoms with Crippen LogP contribution in [0, 0.1) is 0 Å². The minimum atomic E-state index is -0.622. The summed E-state index contributed by atoms with van der Waals surface area (Å²) in [5.41, 5.74) is 7.06. The molecule has 0 saturated carbocycles. The first-order valence-electron chi connectivity index (χ1n) is 4.86. The Hall–Kier alpha value is -1.06. The number of anilines is 1. The van der Waals surface area contributed by atoms with Gasteiger partial charge in [0, 0.05) is 17.9 Å². The van der Waals surface area contributed by atoms with Gasteiger partial charge in [-0.05, 0) is 12.5 Å². The van der Waals surface area contributed by atoms with E-state index < -0.39 is 6.10 Å². The molecule has 1 atom stereocenters. The van der Waals surface area contributed by atoms with Crippen LogP contribution < -0.4 is 5.73 Å². The Bertz CT molecular complexity index is 276. The standard InChI is InChI=1S/C11H17NO2/c1-2-7-14-8-11(13)9-5-3-4-6-10(9)12/h3-6,11,13H,2,7-8,12H2,1H3. The maximum atomic E-state index is 9.72. The van der Waals surface area contributed by atoms with Crippen molar-refractivity contribution in [2.45, 2.75) is 19.4 Å². The first kappa shape index (κ1) is 11.0. The third kappa shape index (κ3) is 3.01. The van der Waals surface area contributed by atoms with Gasteiger partial charge in [-0.1, -0.05) is 25.1 Å². The van der Waals surface area contributed by atoms with Crippen LogP contribution >= 0.6 is 0 Å². The van der Waals surface area contributed by atoms with E-state index in [1.807, 2.05) is 25.1 Å². The van der Waals surface area contributed by atoms with Gasteiger partial charge in [-0.2, -0.15) is 0 Å². The lowest BCUT2D eigenvalue weighted by Gasteiger charge is -2.13. The second kappa shape index (κ2) is 5.62. The maximum absolute atomic E-state index is 9.72. The molecule has 0 heterocycles. The SMILES string of the molecule is CCCOCC(O)c1ccccc1N. The molecule has 1 unspecified atom stereocenters. The van der Waals surface area contributed by atoms with Crippen molar-refractivity contribution in [3.63, 3.8) is 0 Å². The van der Waals surface area contributed by atoms with E-state index in [0.717, 1.165) is 12.0 Å². The van der Waals surface area contributed by atoms with Gasteiger partial charge in [0.2, 0.25) is 0 Å². The summed E-state index contributed by atoms with van der Waals surface area (Å²) in [6.45, 7) is 3.01. The van der Waals surface area contributed by atoms with Crippen molar-refractivity contribution in [3.05, 3.63) is 29.8 Å². The minimum Gasteiger partial charge on any atom is -0.398 e. The Labute approximate surface area is 84.5 Å². The monoisotopic (exact) mass is 195 g/mol. The molecule has 0 fully saturated rings. The van der Waals surface area contributed by atoms with Crippen molar-refractivity contribution < 1.29 is 9.84 Å². The molecule has 0 aliphatic rings. The van der Waals surface area contributed by atoms with Gasteiger partial charge in [0.15, 0.2) is 0 Å². The van der Waals surface area contributed by atoms with Crippen LogP contribution in [0.1, 0.15) is 25.0 Å². The van der Waals surface area contributed by atoms with Crippen molar-refractivity contribution in [1.82, 2.24) is 0 Å². The third-order valence-corrected chi connectivity index (χ3v) is 1.98. The lowest BCUT2D eigenvalue weighted by molar-refractivity contribution is 0.0367. The van der Waals surface area contributed by atoms with Gasteiger partial charge < -0.3 is 15.6 Å². The fourth-order valence-electron chi connectivity index (χ4n) is 1.24. The quantitative estimate of drug-likeness (QED) is 0.555. The first-order valence-corrected chi connectivity index (χ1v) is 4.86. The van der Waals surface area contributed by atoms with E-state index in [9.17, 15) is 5.11 Å². The Morgan fingerprint density at radius 3 is 2.79 bits per heavy atom. The zero-order chi connectivity index (χ0) is 10.4. The van der Waals surface area contributed by atoms with Gasteiger partial charge in [0.25, 0.3) is 0 Å². The molecule has 0 saturated heterocycles. The highest BCUT2D eigenvalue weighted by Gasteiger charge is 2.09. The van der Waals surface area contributed by atoms with Crippen LogP contribution in [0.4, 0.5) is 5.69 Å². The van der Waals surface area contributed by atoms with E-state index in [2.05, 4.69) is 0 Å². The molecule has 78 valence electrons. The molecule has 0 aliphatic carbocycles. The van der Waals surface area contributed by atoms with Crippen molar-refractivity contribution in [3.8, 4) is 0 Å². The third-order valence-electron chi connectivity index (χ3n) is 1.98. The topological polar surface area (TPSA) is 55.5 Å². The number of aliphatic hydroxyl groups excluding tert-OH is 1. The van der Waals surface area contributed by atoms with Crippen LogP contribution in [0.5, 0.6) is 0 Å². The lowest BCUT2D eigenvalue weighted by Crippen LogP contribution is -2.09. The fourth-order valence-corrected chi connectivity index (χ4v) is 1.24. The van der Waals surface area contributed by atoms with E-state index in [1.165, 1.54) is 0 Å². The molecule has 0 radical (unpaired) electrons. The number of hydrogen-bond donors (Lipinski definition) is 2. The van der Waals surface area contributed by atoms with Crippen molar-refractivity contribution >= 4 is 5.69 Å². The summed E-state index contributed by atoms with van der Waals surface area (Å²) < 4.78 is 5.25. The van der Waals surface area contributed by atoms with Crippen LogP contribution in [0.25, 0.3) is 0 Å². The molecule has 14 heavy (non-hydrogen) atoms. The molecule has 0 amide bonds. The molecule has 3 N–H and O–H groups in total. The predicted octanol–water partition coefficient (Wildman–Crippen LogP) is 1.73. The largest absolute Gasteiger partial charge is 0.398 e. The zero-order valence-electron chi connectivity index (χ0n) is 8.44. The molecule has 0 aromatic heterocycles. The molecular weight excluding hydrogens is 178 g/mol. The molecule has 1 aromatic carbocycles. The van der Waals surface area contributed by atoms with Crippen LogP contribution in [0.2, 0.25) is 0 Å². The van der Waals surface area contributed by atoms with Gasteiger partial charge in [0.05, 0.1) is 6.61 Å². The predicted molar refractivity (Wildman–Crippen MR) is 56.9 cm³/mol. The lowest BCUT2D eigenvalue weighted by atomic mass is 10.1. The van der Waals surface area contributed by atoms with Crippen molar-refractivity contribution in [2.75, 3.05) is 18.9 Å². The number of benzene rings is 1. The average molecular weight is 195 g/mol. The van der Waals surface area contributed by atoms with Crippen LogP contribution in [-0.4, -0.2) is 18.3 Å². The number of nitrogens with two attached hydrogens (primary N) is 1. The average Bonchev–Trinajstić information content (AvgIpc) is 2.18. The molecule has 0 bridgehead atoms. The Morgan fingerprint density at radius 2 is 2.14 bits per heavy atom. The van der Waals surface area contributed by atoms with Crippen LogP contribution in [0.15, 0.2) is 24.3 Å². The molecule has 1 aromatic rings. The molecule has 0 aliphatic heterocycles. The van der Waals surface area contributed by atoms with E-state index in [0.29, 0.717) is 18.9 Å². The van der Waals surface area contributed by atoms with E-state index >= 15 is 0 Å². The second-order valence-electron chi connectivity index (χ2n) is 3.22. The minimum absolute atomic E-state index is 0.308. The zero-order valence-corrected chi connectivity index (χ0v) is 8.44. The summed E-state index contributed by atoms with van der Waals surface area (Å²) in [6, 6.07) is 7.29. The number of hydrogen-bond acceptors (Lipinski definition) is 3. The number of rotatable bonds is 5. The summed E-state index contributed by atoms with van der Waals surface area (Å²) in [5, 5.41) is 9.72. The Morgan fingerprint density at radius 1 is 1.43 bits per heavy atom. The molecule has 1 rings (SSSR count). The van der Waals surface area contributed by atoms with Gasteiger partial charge in [0.1, 0.15) is 6.10 Å². The summed E-state index contributed by atoms with van der Waals surface area (Å²) in [7, 11) is 0. The number of aliphatic hydroxyl groups is 1. The molecule has 3 nitrogen and oxygen atoms in total. The molecule has 3 heteroatoms. The van der Waals surface area contributed by atoms with Gasteiger partial charge in [-0.15, -0.1) is 0 Å². The highest BCUT2D eigenvalue weighted by atomic mass is 16.5. The van der Waals surface area contributed by atoms with Gasteiger partial charge in [-0.25, -0.2) is 0 Å².